The number of aryl methyl sites for hydroxylation is 2. The Labute approximate surface area is 192 Å². The van der Waals surface area contributed by atoms with Crippen LogP contribution in [0, 0.1) is 5.41 Å². The molecular weight excluding hydrogens is 404 g/mol. The van der Waals surface area contributed by atoms with E-state index in [0.717, 1.165) is 30.6 Å². The molecule has 0 atom stereocenters. The molecule has 32 heavy (non-hydrogen) atoms. The van der Waals surface area contributed by atoms with Gasteiger partial charge in [-0.05, 0) is 75.6 Å². The smallest absolute Gasteiger partial charge is 0.323 e. The van der Waals surface area contributed by atoms with E-state index >= 15 is 0 Å². The summed E-state index contributed by atoms with van der Waals surface area (Å²) in [7, 11) is 0. The van der Waals surface area contributed by atoms with Gasteiger partial charge in [-0.3, -0.25) is 9.59 Å². The lowest BCUT2D eigenvalue weighted by molar-refractivity contribution is -0.173. The average Bonchev–Trinajstić information content (AvgIpc) is 2.81. The van der Waals surface area contributed by atoms with Crippen LogP contribution < -0.4 is 4.74 Å². The van der Waals surface area contributed by atoms with E-state index in [1.165, 1.54) is 5.56 Å². The Morgan fingerprint density at radius 1 is 0.750 bits per heavy atom. The highest BCUT2D eigenvalue weighted by atomic mass is 16.6. The molecule has 0 amide bonds. The fourth-order valence-electron chi connectivity index (χ4n) is 3.67. The lowest BCUT2D eigenvalue weighted by Gasteiger charge is -2.28. The standard InChI is InChI=1S/C27H36O5/c1-4-27(25(28)30-5-2,26(29)31-6-3)20-19-23-15-17-24(18-16-23)32-21-11-10-14-22-12-8-7-9-13-22/h7-9,12-13,15-18H,4-6,10-11,14,19-21H2,1-3H3. The van der Waals surface area contributed by atoms with E-state index in [0.29, 0.717) is 25.9 Å². The Hall–Kier alpha value is -2.82. The summed E-state index contributed by atoms with van der Waals surface area (Å²) in [6, 6.07) is 18.3. The number of unbranched alkanes of at least 4 members (excludes halogenated alkanes) is 1. The molecular formula is C27H36O5. The van der Waals surface area contributed by atoms with Crippen molar-refractivity contribution in [1.82, 2.24) is 0 Å². The predicted molar refractivity (Wildman–Crippen MR) is 126 cm³/mol. The zero-order valence-corrected chi connectivity index (χ0v) is 19.6. The van der Waals surface area contributed by atoms with Crippen LogP contribution in [0.2, 0.25) is 0 Å². The van der Waals surface area contributed by atoms with Gasteiger partial charge in [0.1, 0.15) is 5.75 Å². The third kappa shape index (κ3) is 7.40. The molecule has 5 heteroatoms. The van der Waals surface area contributed by atoms with Gasteiger partial charge in [-0.2, -0.15) is 0 Å². The molecule has 0 radical (unpaired) electrons. The maximum Gasteiger partial charge on any atom is 0.323 e. The number of hydrogen-bond donors (Lipinski definition) is 0. The van der Waals surface area contributed by atoms with Gasteiger partial charge in [-0.1, -0.05) is 49.4 Å². The topological polar surface area (TPSA) is 61.8 Å². The lowest BCUT2D eigenvalue weighted by Crippen LogP contribution is -2.42. The number of carbonyl (C=O) groups is 2. The van der Waals surface area contributed by atoms with Crippen LogP contribution in [-0.4, -0.2) is 31.8 Å². The van der Waals surface area contributed by atoms with Crippen molar-refractivity contribution < 1.29 is 23.8 Å². The van der Waals surface area contributed by atoms with Crippen LogP contribution in [0.5, 0.6) is 5.75 Å². The SMILES string of the molecule is CCOC(=O)C(CC)(CCc1ccc(OCCCCc2ccccc2)cc1)C(=O)OCC. The summed E-state index contributed by atoms with van der Waals surface area (Å²) in [6.45, 7) is 6.45. The molecule has 2 aromatic rings. The van der Waals surface area contributed by atoms with Crippen LogP contribution in [0.4, 0.5) is 0 Å². The first-order valence-electron chi connectivity index (χ1n) is 11.7. The number of rotatable bonds is 14. The molecule has 2 rings (SSSR count). The molecule has 0 fully saturated rings. The highest BCUT2D eigenvalue weighted by Gasteiger charge is 2.46. The van der Waals surface area contributed by atoms with E-state index < -0.39 is 17.4 Å². The van der Waals surface area contributed by atoms with Gasteiger partial charge in [0.05, 0.1) is 19.8 Å². The maximum absolute atomic E-state index is 12.6. The van der Waals surface area contributed by atoms with Crippen molar-refractivity contribution in [2.45, 2.75) is 59.3 Å². The first-order valence-corrected chi connectivity index (χ1v) is 11.7. The highest BCUT2D eigenvalue weighted by molar-refractivity contribution is 6.00. The van der Waals surface area contributed by atoms with E-state index in [1.807, 2.05) is 37.3 Å². The van der Waals surface area contributed by atoms with Crippen LogP contribution in [0.15, 0.2) is 54.6 Å². The second kappa shape index (κ2) is 13.6. The van der Waals surface area contributed by atoms with Crippen LogP contribution in [-0.2, 0) is 31.9 Å². The minimum Gasteiger partial charge on any atom is -0.494 e. The van der Waals surface area contributed by atoms with E-state index in [4.69, 9.17) is 14.2 Å². The predicted octanol–water partition coefficient (Wildman–Crippen LogP) is 5.54. The number of esters is 2. The summed E-state index contributed by atoms with van der Waals surface area (Å²) in [5, 5.41) is 0. The maximum atomic E-state index is 12.6. The second-order valence-electron chi connectivity index (χ2n) is 7.81. The van der Waals surface area contributed by atoms with Gasteiger partial charge < -0.3 is 14.2 Å². The second-order valence-corrected chi connectivity index (χ2v) is 7.81. The summed E-state index contributed by atoms with van der Waals surface area (Å²) in [5.41, 5.74) is 1.12. The van der Waals surface area contributed by atoms with Crippen molar-refractivity contribution in [3.63, 3.8) is 0 Å². The van der Waals surface area contributed by atoms with Gasteiger partial charge in [0.2, 0.25) is 0 Å². The molecule has 0 saturated carbocycles. The minimum absolute atomic E-state index is 0.234. The van der Waals surface area contributed by atoms with E-state index in [-0.39, 0.29) is 13.2 Å². The zero-order valence-electron chi connectivity index (χ0n) is 19.6. The normalized spacial score (nSPS) is 11.1. The van der Waals surface area contributed by atoms with E-state index in [9.17, 15) is 9.59 Å². The van der Waals surface area contributed by atoms with Crippen LogP contribution >= 0.6 is 0 Å². The molecule has 0 aromatic heterocycles. The monoisotopic (exact) mass is 440 g/mol. The molecule has 174 valence electrons. The number of carbonyl (C=O) groups excluding carboxylic acids is 2. The van der Waals surface area contributed by atoms with E-state index in [2.05, 4.69) is 24.3 Å². The lowest BCUT2D eigenvalue weighted by atomic mass is 9.79. The molecule has 0 aliphatic rings. The van der Waals surface area contributed by atoms with Crippen LogP contribution in [0.3, 0.4) is 0 Å². The largest absolute Gasteiger partial charge is 0.494 e. The van der Waals surface area contributed by atoms with Gasteiger partial charge in [0.25, 0.3) is 0 Å². The third-order valence-electron chi connectivity index (χ3n) is 5.67. The quantitative estimate of drug-likeness (QED) is 0.219. The third-order valence-corrected chi connectivity index (χ3v) is 5.67. The summed E-state index contributed by atoms with van der Waals surface area (Å²) < 4.78 is 16.3. The molecule has 0 heterocycles. The molecule has 0 saturated heterocycles. The number of benzene rings is 2. The zero-order chi connectivity index (χ0) is 23.2. The van der Waals surface area contributed by atoms with Gasteiger partial charge in [0, 0.05) is 0 Å². The molecule has 0 N–H and O–H groups in total. The molecule has 0 bridgehead atoms. The Bertz CT molecular complexity index is 796. The Morgan fingerprint density at radius 2 is 1.34 bits per heavy atom. The first-order chi connectivity index (χ1) is 15.6. The highest BCUT2D eigenvalue weighted by Crippen LogP contribution is 2.32. The van der Waals surface area contributed by atoms with Crippen molar-refractivity contribution in [3.05, 3.63) is 65.7 Å². The first kappa shape index (κ1) is 25.4. The van der Waals surface area contributed by atoms with Crippen LogP contribution in [0.25, 0.3) is 0 Å². The fraction of sp³-hybridized carbons (Fsp3) is 0.481. The minimum atomic E-state index is -1.26. The van der Waals surface area contributed by atoms with Crippen LogP contribution in [0.1, 0.15) is 57.6 Å². The molecule has 0 aliphatic heterocycles. The Balaban J connectivity index is 1.85. The Kier molecular flexibility index (Phi) is 10.8. The number of hydrogen-bond acceptors (Lipinski definition) is 5. The molecule has 0 aliphatic carbocycles. The van der Waals surface area contributed by atoms with Crippen molar-refractivity contribution in [2.24, 2.45) is 5.41 Å². The number of ether oxygens (including phenoxy) is 3. The fourth-order valence-corrected chi connectivity index (χ4v) is 3.67. The van der Waals surface area contributed by atoms with Crippen molar-refractivity contribution in [2.75, 3.05) is 19.8 Å². The van der Waals surface area contributed by atoms with Gasteiger partial charge in [-0.25, -0.2) is 0 Å². The van der Waals surface area contributed by atoms with Gasteiger partial charge >= 0.3 is 11.9 Å². The summed E-state index contributed by atoms with van der Waals surface area (Å²) in [6.07, 6.45) is 4.40. The van der Waals surface area contributed by atoms with Gasteiger partial charge in [-0.15, -0.1) is 0 Å². The average molecular weight is 441 g/mol. The summed E-state index contributed by atoms with van der Waals surface area (Å²) in [5.74, 6) is -0.182. The Morgan fingerprint density at radius 3 is 1.91 bits per heavy atom. The summed E-state index contributed by atoms with van der Waals surface area (Å²) in [4.78, 5) is 25.2. The van der Waals surface area contributed by atoms with E-state index in [1.54, 1.807) is 13.8 Å². The molecule has 2 aromatic carbocycles. The molecule has 5 nitrogen and oxygen atoms in total. The van der Waals surface area contributed by atoms with Crippen molar-refractivity contribution in [1.29, 1.82) is 0 Å². The van der Waals surface area contributed by atoms with Gasteiger partial charge in [0.15, 0.2) is 5.41 Å². The van der Waals surface area contributed by atoms with Crippen molar-refractivity contribution in [3.8, 4) is 5.75 Å². The summed E-state index contributed by atoms with van der Waals surface area (Å²) >= 11 is 0. The molecule has 0 spiro atoms. The molecule has 0 unspecified atom stereocenters. The van der Waals surface area contributed by atoms with Crippen molar-refractivity contribution >= 4 is 11.9 Å².